The van der Waals surface area contributed by atoms with Gasteiger partial charge in [0.25, 0.3) is 0 Å². The monoisotopic (exact) mass is 459 g/mol. The van der Waals surface area contributed by atoms with Crippen LogP contribution in [0.5, 0.6) is 0 Å². The highest BCUT2D eigenvalue weighted by atomic mass is 16.2. The van der Waals surface area contributed by atoms with E-state index in [4.69, 9.17) is 4.98 Å². The van der Waals surface area contributed by atoms with Gasteiger partial charge in [0.05, 0.1) is 23.5 Å². The van der Waals surface area contributed by atoms with Gasteiger partial charge in [-0.05, 0) is 64.4 Å². The maximum Gasteiger partial charge on any atom is 0.227 e. The largest absolute Gasteiger partial charge is 0.368 e. The molecular weight excluding hydrogens is 422 g/mol. The summed E-state index contributed by atoms with van der Waals surface area (Å²) in [5.41, 5.74) is 4.80. The van der Waals surface area contributed by atoms with Gasteiger partial charge in [-0.15, -0.1) is 0 Å². The van der Waals surface area contributed by atoms with Crippen molar-refractivity contribution in [3.8, 4) is 0 Å². The zero-order chi connectivity index (χ0) is 23.7. The van der Waals surface area contributed by atoms with Gasteiger partial charge < -0.3 is 14.4 Å². The van der Waals surface area contributed by atoms with Gasteiger partial charge in [-0.25, -0.2) is 4.98 Å². The summed E-state index contributed by atoms with van der Waals surface area (Å²) in [6.45, 7) is 12.7. The molecule has 0 saturated carbocycles. The summed E-state index contributed by atoms with van der Waals surface area (Å²) in [6, 6.07) is 17.5. The molecule has 3 aromatic rings. The van der Waals surface area contributed by atoms with Crippen LogP contribution in [-0.4, -0.2) is 64.5 Å². The predicted molar refractivity (Wildman–Crippen MR) is 138 cm³/mol. The Kier molecular flexibility index (Phi) is 6.59. The van der Waals surface area contributed by atoms with Gasteiger partial charge in [-0.1, -0.05) is 29.8 Å². The number of rotatable bonds is 5. The molecule has 6 heteroatoms. The summed E-state index contributed by atoms with van der Waals surface area (Å²) in [5, 5.41) is 0. The van der Waals surface area contributed by atoms with Crippen LogP contribution in [0.3, 0.4) is 0 Å². The summed E-state index contributed by atoms with van der Waals surface area (Å²) in [7, 11) is 0. The third-order valence-corrected chi connectivity index (χ3v) is 7.40. The standard InChI is InChI=1S/C28H37N5O/c1-21(2)33-26-9-5-4-8-25(26)29-27(33)20-30-14-6-7-23(19-30)28(34)32-17-15-31(16-18-32)24-12-10-22(3)11-13-24/h4-5,8-13,21,23H,6-7,14-20H2,1-3H3/t23-/m0/s1. The Morgan fingerprint density at radius 2 is 1.74 bits per heavy atom. The van der Waals surface area contributed by atoms with Crippen molar-refractivity contribution < 1.29 is 4.79 Å². The Morgan fingerprint density at radius 1 is 1.00 bits per heavy atom. The zero-order valence-corrected chi connectivity index (χ0v) is 20.8. The van der Waals surface area contributed by atoms with E-state index in [1.807, 2.05) is 0 Å². The minimum atomic E-state index is 0.0940. The average molecular weight is 460 g/mol. The number of benzene rings is 2. The molecule has 0 N–H and O–H groups in total. The fraction of sp³-hybridized carbons (Fsp3) is 0.500. The minimum Gasteiger partial charge on any atom is -0.368 e. The molecule has 3 heterocycles. The first-order valence-corrected chi connectivity index (χ1v) is 12.8. The number of aryl methyl sites for hydroxylation is 1. The predicted octanol–water partition coefficient (Wildman–Crippen LogP) is 4.49. The maximum absolute atomic E-state index is 13.4. The number of imidazole rings is 1. The van der Waals surface area contributed by atoms with E-state index in [9.17, 15) is 4.79 Å². The summed E-state index contributed by atoms with van der Waals surface area (Å²) < 4.78 is 2.35. The quantitative estimate of drug-likeness (QED) is 0.564. The Balaban J connectivity index is 1.21. The van der Waals surface area contributed by atoms with E-state index >= 15 is 0 Å². The van der Waals surface area contributed by atoms with E-state index in [-0.39, 0.29) is 5.92 Å². The van der Waals surface area contributed by atoms with Crippen LogP contribution < -0.4 is 4.90 Å². The number of nitrogens with zero attached hydrogens (tertiary/aromatic N) is 5. The Morgan fingerprint density at radius 3 is 2.47 bits per heavy atom. The van der Waals surface area contributed by atoms with Crippen molar-refractivity contribution in [3.63, 3.8) is 0 Å². The summed E-state index contributed by atoms with van der Waals surface area (Å²) in [4.78, 5) is 25.3. The van der Waals surface area contributed by atoms with Gasteiger partial charge in [0.15, 0.2) is 0 Å². The van der Waals surface area contributed by atoms with Gasteiger partial charge in [0, 0.05) is 44.5 Å². The molecule has 2 aliphatic heterocycles. The van der Waals surface area contributed by atoms with E-state index in [2.05, 4.69) is 88.6 Å². The van der Waals surface area contributed by atoms with Gasteiger partial charge >= 0.3 is 0 Å². The van der Waals surface area contributed by atoms with Crippen LogP contribution in [0.2, 0.25) is 0 Å². The van der Waals surface area contributed by atoms with Crippen LogP contribution in [0.15, 0.2) is 48.5 Å². The molecular formula is C28H37N5O. The molecule has 34 heavy (non-hydrogen) atoms. The van der Waals surface area contributed by atoms with E-state index in [0.717, 1.165) is 70.0 Å². The summed E-state index contributed by atoms with van der Waals surface area (Å²) in [6.07, 6.45) is 2.07. The Bertz CT molecular complexity index is 1130. The highest BCUT2D eigenvalue weighted by molar-refractivity contribution is 5.79. The normalized spacial score (nSPS) is 19.8. The molecule has 1 amide bonds. The molecule has 2 aromatic carbocycles. The molecule has 0 spiro atoms. The molecule has 0 unspecified atom stereocenters. The van der Waals surface area contributed by atoms with Gasteiger partial charge in [0.2, 0.25) is 5.91 Å². The SMILES string of the molecule is Cc1ccc(N2CCN(C(=O)[C@H]3CCCN(Cc4nc5ccccc5n4C(C)C)C3)CC2)cc1. The van der Waals surface area contributed by atoms with Crippen molar-refractivity contribution >= 4 is 22.6 Å². The zero-order valence-electron chi connectivity index (χ0n) is 20.8. The number of likely N-dealkylation sites (tertiary alicyclic amines) is 1. The van der Waals surface area contributed by atoms with E-state index in [1.54, 1.807) is 0 Å². The molecule has 6 nitrogen and oxygen atoms in total. The van der Waals surface area contributed by atoms with Crippen molar-refractivity contribution in [2.45, 2.75) is 46.2 Å². The number of amides is 1. The molecule has 2 fully saturated rings. The lowest BCUT2D eigenvalue weighted by Gasteiger charge is -2.39. The smallest absolute Gasteiger partial charge is 0.227 e. The number of piperazine rings is 1. The second-order valence-electron chi connectivity index (χ2n) is 10.2. The van der Waals surface area contributed by atoms with Crippen LogP contribution >= 0.6 is 0 Å². The second kappa shape index (κ2) is 9.79. The molecule has 0 radical (unpaired) electrons. The number of fused-ring (bicyclic) bond motifs is 1. The first-order chi connectivity index (χ1) is 16.5. The van der Waals surface area contributed by atoms with Crippen LogP contribution in [0, 0.1) is 12.8 Å². The number of hydrogen-bond donors (Lipinski definition) is 0. The van der Waals surface area contributed by atoms with E-state index in [0.29, 0.717) is 11.9 Å². The van der Waals surface area contributed by atoms with Crippen molar-refractivity contribution in [1.82, 2.24) is 19.4 Å². The highest BCUT2D eigenvalue weighted by Crippen LogP contribution is 2.26. The molecule has 0 bridgehead atoms. The van der Waals surface area contributed by atoms with Crippen molar-refractivity contribution in [1.29, 1.82) is 0 Å². The summed E-state index contributed by atoms with van der Waals surface area (Å²) >= 11 is 0. The number of anilines is 1. The fourth-order valence-corrected chi connectivity index (χ4v) is 5.58. The van der Waals surface area contributed by atoms with E-state index in [1.165, 1.54) is 16.8 Å². The number of para-hydroxylation sites is 2. The molecule has 1 aromatic heterocycles. The summed E-state index contributed by atoms with van der Waals surface area (Å²) in [5.74, 6) is 1.54. The lowest BCUT2D eigenvalue weighted by molar-refractivity contribution is -0.137. The number of carbonyl (C=O) groups excluding carboxylic acids is 1. The first kappa shape index (κ1) is 22.9. The topological polar surface area (TPSA) is 44.6 Å². The van der Waals surface area contributed by atoms with Gasteiger partial charge in [0.1, 0.15) is 5.82 Å². The average Bonchev–Trinajstić information content (AvgIpc) is 3.22. The lowest BCUT2D eigenvalue weighted by Crippen LogP contribution is -2.52. The fourth-order valence-electron chi connectivity index (χ4n) is 5.58. The van der Waals surface area contributed by atoms with Gasteiger partial charge in [-0.2, -0.15) is 0 Å². The Hall–Kier alpha value is -2.86. The lowest BCUT2D eigenvalue weighted by atomic mass is 9.96. The van der Waals surface area contributed by atoms with E-state index < -0.39 is 0 Å². The third-order valence-electron chi connectivity index (χ3n) is 7.40. The molecule has 180 valence electrons. The van der Waals surface area contributed by atoms with Gasteiger partial charge in [-0.3, -0.25) is 9.69 Å². The third kappa shape index (κ3) is 4.69. The molecule has 1 atom stereocenters. The van der Waals surface area contributed by atoms with Crippen molar-refractivity contribution in [3.05, 3.63) is 59.9 Å². The van der Waals surface area contributed by atoms with Crippen molar-refractivity contribution in [2.24, 2.45) is 5.92 Å². The number of piperidine rings is 1. The van der Waals surface area contributed by atoms with Crippen LogP contribution in [0.4, 0.5) is 5.69 Å². The maximum atomic E-state index is 13.4. The number of aromatic nitrogens is 2. The number of hydrogen-bond acceptors (Lipinski definition) is 4. The molecule has 2 aliphatic rings. The minimum absolute atomic E-state index is 0.0940. The van der Waals surface area contributed by atoms with Crippen LogP contribution in [-0.2, 0) is 11.3 Å². The Labute approximate surface area is 203 Å². The second-order valence-corrected chi connectivity index (χ2v) is 10.2. The molecule has 5 rings (SSSR count). The molecule has 2 saturated heterocycles. The van der Waals surface area contributed by atoms with Crippen molar-refractivity contribution in [2.75, 3.05) is 44.2 Å². The number of carbonyl (C=O) groups is 1. The van der Waals surface area contributed by atoms with Crippen LogP contribution in [0.1, 0.15) is 44.1 Å². The highest BCUT2D eigenvalue weighted by Gasteiger charge is 2.31. The first-order valence-electron chi connectivity index (χ1n) is 12.8. The van der Waals surface area contributed by atoms with Crippen LogP contribution in [0.25, 0.3) is 11.0 Å². The molecule has 0 aliphatic carbocycles.